The fraction of sp³-hybridized carbons (Fsp3) is 0.526. The number of nitrogens with zero attached hydrogens (tertiary/aromatic N) is 2. The van der Waals surface area contributed by atoms with Crippen LogP contribution in [-0.4, -0.2) is 33.3 Å². The first-order chi connectivity index (χ1) is 12.4. The molecule has 1 aliphatic heterocycles. The number of H-pyrrole nitrogens is 1. The highest BCUT2D eigenvalue weighted by molar-refractivity contribution is 7.98. The maximum Gasteiger partial charge on any atom is 0.344 e. The molecule has 1 saturated heterocycles. The predicted molar refractivity (Wildman–Crippen MR) is 102 cm³/mol. The summed E-state index contributed by atoms with van der Waals surface area (Å²) in [6.07, 6.45) is 2.09. The molecule has 1 aromatic heterocycles. The van der Waals surface area contributed by atoms with E-state index in [1.807, 2.05) is 13.8 Å². The molecule has 0 aliphatic carbocycles. The highest BCUT2D eigenvalue weighted by atomic mass is 32.2. The third kappa shape index (κ3) is 3.78. The Bertz CT molecular complexity index is 879. The second-order valence-electron chi connectivity index (χ2n) is 6.89. The monoisotopic (exact) mass is 375 g/mol. The summed E-state index contributed by atoms with van der Waals surface area (Å²) in [6.45, 7) is 8.92. The molecule has 1 atom stereocenters. The Labute approximate surface area is 157 Å². The molecule has 1 aromatic carbocycles. The number of rotatable bonds is 6. The van der Waals surface area contributed by atoms with Crippen molar-refractivity contribution in [2.45, 2.75) is 64.1 Å². The van der Waals surface area contributed by atoms with Crippen LogP contribution in [0.15, 0.2) is 16.0 Å². The quantitative estimate of drug-likeness (QED) is 0.620. The molecule has 1 fully saturated rings. The highest BCUT2D eigenvalue weighted by Crippen LogP contribution is 2.29. The molecule has 0 amide bonds. The Kier molecular flexibility index (Phi) is 5.67. The predicted octanol–water partition coefficient (Wildman–Crippen LogP) is 3.17. The molecule has 26 heavy (non-hydrogen) atoms. The van der Waals surface area contributed by atoms with Crippen molar-refractivity contribution in [2.75, 3.05) is 6.61 Å². The first kappa shape index (κ1) is 18.9. The lowest BCUT2D eigenvalue weighted by atomic mass is 9.92. The lowest BCUT2D eigenvalue weighted by Gasteiger charge is -2.16. The second kappa shape index (κ2) is 7.80. The summed E-state index contributed by atoms with van der Waals surface area (Å²) in [6, 6.07) is 2.06. The molecule has 7 heteroatoms. The number of thioether (sulfide) groups is 1. The number of hydrogen-bond donors (Lipinski definition) is 1. The minimum atomic E-state index is -0.204. The average Bonchev–Trinajstić information content (AvgIpc) is 3.18. The number of hydrogen-bond acceptors (Lipinski definition) is 5. The smallest absolute Gasteiger partial charge is 0.344 e. The lowest BCUT2D eigenvalue weighted by molar-refractivity contribution is 0.0941. The molecule has 0 unspecified atom stereocenters. The van der Waals surface area contributed by atoms with Gasteiger partial charge >= 0.3 is 5.69 Å². The van der Waals surface area contributed by atoms with Crippen LogP contribution in [0.25, 0.3) is 0 Å². The molecule has 0 radical (unpaired) electrons. The number of nitrogens with one attached hydrogen (secondary N) is 1. The Morgan fingerprint density at radius 2 is 2.15 bits per heavy atom. The molecular formula is C19H25N3O3S. The van der Waals surface area contributed by atoms with Gasteiger partial charge in [0.25, 0.3) is 0 Å². The van der Waals surface area contributed by atoms with Gasteiger partial charge in [-0.1, -0.05) is 17.8 Å². The number of benzene rings is 1. The number of Topliss-reactive ketones (excluding diaryl/α,β-unsaturated/α-hetero) is 1. The lowest BCUT2D eigenvalue weighted by Crippen LogP contribution is -2.25. The highest BCUT2D eigenvalue weighted by Gasteiger charge is 2.20. The van der Waals surface area contributed by atoms with Gasteiger partial charge in [-0.15, -0.1) is 5.10 Å². The van der Waals surface area contributed by atoms with Crippen LogP contribution in [-0.2, 0) is 17.0 Å². The molecule has 140 valence electrons. The summed E-state index contributed by atoms with van der Waals surface area (Å²) in [7, 11) is 0. The zero-order valence-electron chi connectivity index (χ0n) is 15.7. The number of ketones is 1. The van der Waals surface area contributed by atoms with Crippen molar-refractivity contribution in [2.24, 2.45) is 0 Å². The second-order valence-corrected chi connectivity index (χ2v) is 7.83. The molecule has 0 saturated carbocycles. The van der Waals surface area contributed by atoms with Crippen LogP contribution in [0.1, 0.15) is 52.4 Å². The molecule has 0 spiro atoms. The fourth-order valence-corrected chi connectivity index (χ4v) is 4.83. The number of aromatic amines is 1. The Hall–Kier alpha value is -1.86. The zero-order chi connectivity index (χ0) is 18.8. The normalized spacial score (nSPS) is 17.0. The SMILES string of the molecule is CC(=O)c1c(C)cc(C)c(CSc2n[nH]c(=O)n2C[C@H]2CCCO2)c1C. The van der Waals surface area contributed by atoms with Crippen molar-refractivity contribution >= 4 is 17.5 Å². The van der Waals surface area contributed by atoms with E-state index in [1.165, 1.54) is 11.8 Å². The number of aromatic nitrogens is 3. The van der Waals surface area contributed by atoms with Crippen LogP contribution >= 0.6 is 11.8 Å². The van der Waals surface area contributed by atoms with E-state index < -0.39 is 0 Å². The van der Waals surface area contributed by atoms with Gasteiger partial charge in [-0.2, -0.15) is 0 Å². The van der Waals surface area contributed by atoms with Gasteiger partial charge in [0, 0.05) is 17.9 Å². The minimum absolute atomic E-state index is 0.0804. The summed E-state index contributed by atoms with van der Waals surface area (Å²) in [5.74, 6) is 0.745. The van der Waals surface area contributed by atoms with E-state index in [9.17, 15) is 9.59 Å². The summed E-state index contributed by atoms with van der Waals surface area (Å²) < 4.78 is 7.30. The van der Waals surface area contributed by atoms with Crippen molar-refractivity contribution < 1.29 is 9.53 Å². The molecule has 3 rings (SSSR count). The van der Waals surface area contributed by atoms with Crippen molar-refractivity contribution in [1.29, 1.82) is 0 Å². The van der Waals surface area contributed by atoms with Gasteiger partial charge in [0.05, 0.1) is 12.6 Å². The first-order valence-electron chi connectivity index (χ1n) is 8.88. The maximum absolute atomic E-state index is 12.1. The van der Waals surface area contributed by atoms with Gasteiger partial charge in [0.15, 0.2) is 10.9 Å². The number of carbonyl (C=O) groups is 1. The van der Waals surface area contributed by atoms with E-state index >= 15 is 0 Å². The summed E-state index contributed by atoms with van der Waals surface area (Å²) >= 11 is 1.51. The van der Waals surface area contributed by atoms with Gasteiger partial charge in [-0.05, 0) is 62.8 Å². The van der Waals surface area contributed by atoms with E-state index in [0.717, 1.165) is 47.3 Å². The zero-order valence-corrected chi connectivity index (χ0v) is 16.5. The topological polar surface area (TPSA) is 77.0 Å². The Balaban J connectivity index is 1.83. The largest absolute Gasteiger partial charge is 0.376 e. The number of aryl methyl sites for hydroxylation is 2. The van der Waals surface area contributed by atoms with Crippen molar-refractivity contribution in [3.8, 4) is 0 Å². The molecule has 0 bridgehead atoms. The summed E-state index contributed by atoms with van der Waals surface area (Å²) in [5, 5.41) is 7.38. The third-order valence-corrected chi connectivity index (χ3v) is 5.97. The van der Waals surface area contributed by atoms with Gasteiger partial charge < -0.3 is 4.74 Å². The molecule has 2 heterocycles. The third-order valence-electron chi connectivity index (χ3n) is 4.96. The van der Waals surface area contributed by atoms with Gasteiger partial charge in [-0.3, -0.25) is 9.36 Å². The van der Waals surface area contributed by atoms with Crippen LogP contribution in [0.2, 0.25) is 0 Å². The van der Waals surface area contributed by atoms with Crippen LogP contribution < -0.4 is 5.69 Å². The van der Waals surface area contributed by atoms with Crippen molar-refractivity contribution in [3.05, 3.63) is 44.4 Å². The van der Waals surface area contributed by atoms with E-state index in [0.29, 0.717) is 17.5 Å². The standard InChI is InChI=1S/C19H25N3O3S/c1-11-8-12(2)17(14(4)23)13(3)16(11)10-26-19-21-20-18(24)22(19)9-15-6-5-7-25-15/h8,15H,5-7,9-10H2,1-4H3,(H,20,24)/t15-/m1/s1. The molecule has 1 N–H and O–H groups in total. The number of carbonyl (C=O) groups excluding carboxylic acids is 1. The minimum Gasteiger partial charge on any atom is -0.376 e. The van der Waals surface area contributed by atoms with Gasteiger partial charge in [0.2, 0.25) is 0 Å². The van der Waals surface area contributed by atoms with Crippen LogP contribution in [0.3, 0.4) is 0 Å². The summed E-state index contributed by atoms with van der Waals surface area (Å²) in [4.78, 5) is 24.1. The van der Waals surface area contributed by atoms with E-state index in [-0.39, 0.29) is 17.6 Å². The van der Waals surface area contributed by atoms with Crippen molar-refractivity contribution in [1.82, 2.24) is 14.8 Å². The van der Waals surface area contributed by atoms with Crippen LogP contribution in [0.5, 0.6) is 0 Å². The van der Waals surface area contributed by atoms with Crippen LogP contribution in [0, 0.1) is 20.8 Å². The molecule has 2 aromatic rings. The van der Waals surface area contributed by atoms with Gasteiger partial charge in [-0.25, -0.2) is 9.89 Å². The average molecular weight is 375 g/mol. The number of ether oxygens (including phenoxy) is 1. The first-order valence-corrected chi connectivity index (χ1v) is 9.87. The fourth-order valence-electron chi connectivity index (χ4n) is 3.69. The Morgan fingerprint density at radius 3 is 2.81 bits per heavy atom. The van der Waals surface area contributed by atoms with E-state index in [1.54, 1.807) is 11.5 Å². The van der Waals surface area contributed by atoms with Crippen molar-refractivity contribution in [3.63, 3.8) is 0 Å². The Morgan fingerprint density at radius 1 is 1.38 bits per heavy atom. The van der Waals surface area contributed by atoms with Crippen LogP contribution in [0.4, 0.5) is 0 Å². The molecule has 1 aliphatic rings. The van der Waals surface area contributed by atoms with E-state index in [4.69, 9.17) is 4.74 Å². The van der Waals surface area contributed by atoms with E-state index in [2.05, 4.69) is 23.2 Å². The molecule has 6 nitrogen and oxygen atoms in total. The van der Waals surface area contributed by atoms with Gasteiger partial charge in [0.1, 0.15) is 0 Å². The summed E-state index contributed by atoms with van der Waals surface area (Å²) in [5.41, 5.74) is 4.91. The molecular weight excluding hydrogens is 350 g/mol. The maximum atomic E-state index is 12.1.